The highest BCUT2D eigenvalue weighted by Crippen LogP contribution is 2.09. The van der Waals surface area contributed by atoms with E-state index in [2.05, 4.69) is 12.2 Å². The third kappa shape index (κ3) is 6.31. The van der Waals surface area contributed by atoms with Crippen molar-refractivity contribution in [3.63, 3.8) is 0 Å². The van der Waals surface area contributed by atoms with Crippen LogP contribution < -0.4 is 11.1 Å². The molecule has 1 amide bonds. The minimum absolute atomic E-state index is 0.0841. The van der Waals surface area contributed by atoms with E-state index in [0.29, 0.717) is 17.3 Å². The molecule has 0 saturated heterocycles. The number of carbonyl (C=O) groups is 1. The van der Waals surface area contributed by atoms with Gasteiger partial charge >= 0.3 is 0 Å². The molecular weight excluding hydrogens is 260 g/mol. The largest absolute Gasteiger partial charge is 0.389 e. The molecule has 0 unspecified atom stereocenters. The lowest BCUT2D eigenvalue weighted by atomic mass is 10.2. The summed E-state index contributed by atoms with van der Waals surface area (Å²) in [4.78, 5) is 11.9. The minimum Gasteiger partial charge on any atom is -0.389 e. The number of anilines is 1. The first-order chi connectivity index (χ1) is 9.13. The fraction of sp³-hybridized carbons (Fsp3) is 0.429. The van der Waals surface area contributed by atoms with Crippen molar-refractivity contribution in [2.45, 2.75) is 26.2 Å². The van der Waals surface area contributed by atoms with E-state index in [-0.39, 0.29) is 12.5 Å². The number of thiocarbonyl (C=S) groups is 1. The van der Waals surface area contributed by atoms with Crippen LogP contribution >= 0.6 is 12.2 Å². The van der Waals surface area contributed by atoms with E-state index in [4.69, 9.17) is 22.7 Å². The van der Waals surface area contributed by atoms with Crippen molar-refractivity contribution in [1.29, 1.82) is 0 Å². The second kappa shape index (κ2) is 8.61. The van der Waals surface area contributed by atoms with Gasteiger partial charge in [-0.1, -0.05) is 32.0 Å². The van der Waals surface area contributed by atoms with Crippen LogP contribution in [-0.2, 0) is 9.53 Å². The van der Waals surface area contributed by atoms with Crippen molar-refractivity contribution in [3.05, 3.63) is 29.8 Å². The Kier molecular flexibility index (Phi) is 7.07. The van der Waals surface area contributed by atoms with Crippen LogP contribution in [0.4, 0.5) is 5.69 Å². The van der Waals surface area contributed by atoms with Gasteiger partial charge in [0.05, 0.1) is 0 Å². The number of hydrogen-bond donors (Lipinski definition) is 2. The fourth-order valence-corrected chi connectivity index (χ4v) is 1.67. The summed E-state index contributed by atoms with van der Waals surface area (Å²) in [6.45, 7) is 2.84. The number of unbranched alkanes of at least 4 members (excludes halogenated alkanes) is 2. The van der Waals surface area contributed by atoms with Gasteiger partial charge in [0.25, 0.3) is 0 Å². The molecule has 4 nitrogen and oxygen atoms in total. The lowest BCUT2D eigenvalue weighted by Gasteiger charge is -2.07. The fourth-order valence-electron chi connectivity index (χ4n) is 1.53. The maximum Gasteiger partial charge on any atom is 0.250 e. The summed E-state index contributed by atoms with van der Waals surface area (Å²) >= 11 is 4.86. The van der Waals surface area contributed by atoms with Crippen LogP contribution in [0.3, 0.4) is 0 Å². The number of hydrogen-bond acceptors (Lipinski definition) is 3. The van der Waals surface area contributed by atoms with E-state index in [1.165, 1.54) is 0 Å². The van der Waals surface area contributed by atoms with Crippen molar-refractivity contribution in [2.75, 3.05) is 18.5 Å². The van der Waals surface area contributed by atoms with E-state index < -0.39 is 0 Å². The second-order valence-electron chi connectivity index (χ2n) is 4.25. The highest BCUT2D eigenvalue weighted by molar-refractivity contribution is 7.80. The van der Waals surface area contributed by atoms with Crippen LogP contribution in [-0.4, -0.2) is 24.1 Å². The van der Waals surface area contributed by atoms with E-state index in [9.17, 15) is 4.79 Å². The minimum atomic E-state index is -0.153. The molecule has 1 rings (SSSR count). The molecular formula is C14H20N2O2S. The topological polar surface area (TPSA) is 64.3 Å². The number of nitrogens with two attached hydrogens (primary N) is 1. The first-order valence-corrected chi connectivity index (χ1v) is 6.81. The normalized spacial score (nSPS) is 10.2. The van der Waals surface area contributed by atoms with Crippen LogP contribution in [0.25, 0.3) is 0 Å². The number of rotatable bonds is 8. The molecule has 0 radical (unpaired) electrons. The van der Waals surface area contributed by atoms with Gasteiger partial charge in [-0.05, 0) is 30.7 Å². The van der Waals surface area contributed by atoms with Gasteiger partial charge in [-0.25, -0.2) is 0 Å². The summed E-state index contributed by atoms with van der Waals surface area (Å²) in [5.41, 5.74) is 6.99. The Hall–Kier alpha value is -1.46. The Bertz CT molecular complexity index is 418. The second-order valence-corrected chi connectivity index (χ2v) is 4.69. The van der Waals surface area contributed by atoms with Gasteiger partial charge in [0.1, 0.15) is 11.6 Å². The quantitative estimate of drug-likeness (QED) is 0.567. The van der Waals surface area contributed by atoms with E-state index >= 15 is 0 Å². The van der Waals surface area contributed by atoms with E-state index in [1.807, 2.05) is 0 Å². The predicted octanol–water partition coefficient (Wildman–Crippen LogP) is 2.47. The van der Waals surface area contributed by atoms with Gasteiger partial charge in [0, 0.05) is 17.9 Å². The zero-order valence-electron chi connectivity index (χ0n) is 11.1. The van der Waals surface area contributed by atoms with Crippen LogP contribution in [0.5, 0.6) is 0 Å². The summed E-state index contributed by atoms with van der Waals surface area (Å²) in [6, 6.07) is 7.09. The number of carbonyl (C=O) groups excluding carboxylic acids is 1. The molecule has 1 aromatic carbocycles. The lowest BCUT2D eigenvalue weighted by molar-refractivity contribution is -0.120. The Balaban J connectivity index is 2.30. The molecule has 0 bridgehead atoms. The van der Waals surface area contributed by atoms with Gasteiger partial charge in [-0.2, -0.15) is 0 Å². The van der Waals surface area contributed by atoms with Crippen molar-refractivity contribution in [1.82, 2.24) is 0 Å². The predicted molar refractivity (Wildman–Crippen MR) is 81.3 cm³/mol. The van der Waals surface area contributed by atoms with Crippen LogP contribution in [0.2, 0.25) is 0 Å². The third-order valence-electron chi connectivity index (χ3n) is 2.58. The third-order valence-corrected chi connectivity index (χ3v) is 2.81. The highest BCUT2D eigenvalue weighted by Gasteiger charge is 2.03. The Morgan fingerprint density at radius 3 is 2.58 bits per heavy atom. The number of ether oxygens (including phenoxy) is 1. The molecule has 5 heteroatoms. The monoisotopic (exact) mass is 280 g/mol. The van der Waals surface area contributed by atoms with Crippen molar-refractivity contribution in [2.24, 2.45) is 5.73 Å². The molecule has 0 spiro atoms. The number of amides is 1. The van der Waals surface area contributed by atoms with Crippen LogP contribution in [0, 0.1) is 0 Å². The average Bonchev–Trinajstić information content (AvgIpc) is 2.39. The smallest absolute Gasteiger partial charge is 0.250 e. The van der Waals surface area contributed by atoms with Crippen LogP contribution in [0.1, 0.15) is 31.7 Å². The maximum absolute atomic E-state index is 11.6. The van der Waals surface area contributed by atoms with Crippen molar-refractivity contribution >= 4 is 28.8 Å². The molecule has 1 aromatic rings. The summed E-state index contributed by atoms with van der Waals surface area (Å²) in [5, 5.41) is 2.75. The molecule has 0 aliphatic heterocycles. The molecule has 19 heavy (non-hydrogen) atoms. The van der Waals surface area contributed by atoms with Crippen LogP contribution in [0.15, 0.2) is 24.3 Å². The zero-order chi connectivity index (χ0) is 14.1. The molecule has 0 saturated carbocycles. The average molecular weight is 280 g/mol. The molecule has 0 aliphatic carbocycles. The summed E-state index contributed by atoms with van der Waals surface area (Å²) in [5.74, 6) is -0.153. The highest BCUT2D eigenvalue weighted by atomic mass is 32.1. The standard InChI is InChI=1S/C14H20N2O2S/c1-2-3-4-9-18-10-13(17)16-12-7-5-11(6-8-12)14(15)19/h5-8H,2-4,9-10H2,1H3,(H2,15,19)(H,16,17). The molecule has 0 aromatic heterocycles. The van der Waals surface area contributed by atoms with Gasteiger partial charge in [0.15, 0.2) is 0 Å². The summed E-state index contributed by atoms with van der Waals surface area (Å²) in [7, 11) is 0. The van der Waals surface area contributed by atoms with Crippen molar-refractivity contribution in [3.8, 4) is 0 Å². The summed E-state index contributed by atoms with van der Waals surface area (Å²) < 4.78 is 5.28. The van der Waals surface area contributed by atoms with Crippen molar-refractivity contribution < 1.29 is 9.53 Å². The summed E-state index contributed by atoms with van der Waals surface area (Å²) in [6.07, 6.45) is 3.26. The first kappa shape index (κ1) is 15.6. The molecule has 0 atom stereocenters. The molecule has 104 valence electrons. The Morgan fingerprint density at radius 1 is 1.32 bits per heavy atom. The lowest BCUT2D eigenvalue weighted by Crippen LogP contribution is -2.18. The number of nitrogens with one attached hydrogen (secondary N) is 1. The zero-order valence-corrected chi connectivity index (χ0v) is 12.0. The SMILES string of the molecule is CCCCCOCC(=O)Nc1ccc(C(N)=S)cc1. The first-order valence-electron chi connectivity index (χ1n) is 6.41. The molecule has 0 aliphatic rings. The maximum atomic E-state index is 11.6. The van der Waals surface area contributed by atoms with Gasteiger partial charge in [0.2, 0.25) is 5.91 Å². The van der Waals surface area contributed by atoms with Gasteiger partial charge in [-0.3, -0.25) is 4.79 Å². The Morgan fingerprint density at radius 2 is 2.00 bits per heavy atom. The van der Waals surface area contributed by atoms with E-state index in [0.717, 1.165) is 24.8 Å². The molecule has 0 heterocycles. The van der Waals surface area contributed by atoms with Gasteiger partial charge < -0.3 is 15.8 Å². The molecule has 0 fully saturated rings. The Labute approximate surface area is 119 Å². The number of benzene rings is 1. The molecule has 3 N–H and O–H groups in total. The van der Waals surface area contributed by atoms with E-state index in [1.54, 1.807) is 24.3 Å². The van der Waals surface area contributed by atoms with Gasteiger partial charge in [-0.15, -0.1) is 0 Å².